The summed E-state index contributed by atoms with van der Waals surface area (Å²) in [5.41, 5.74) is 3.75. The zero-order chi connectivity index (χ0) is 15.8. The second kappa shape index (κ2) is 5.78. The quantitative estimate of drug-likeness (QED) is 0.557. The Bertz CT molecular complexity index is 806. The Kier molecular flexibility index (Phi) is 3.61. The lowest BCUT2D eigenvalue weighted by atomic mass is 9.80. The summed E-state index contributed by atoms with van der Waals surface area (Å²) in [5.74, 6) is 0. The van der Waals surface area contributed by atoms with Gasteiger partial charge in [0.2, 0.25) is 0 Å². The van der Waals surface area contributed by atoms with Crippen LogP contribution >= 0.6 is 11.8 Å². The molecular formula is C18H14BNO2S. The van der Waals surface area contributed by atoms with E-state index in [2.05, 4.69) is 29.2 Å². The first-order valence-corrected chi connectivity index (χ1v) is 8.18. The third-order valence-electron chi connectivity index (χ3n) is 3.88. The van der Waals surface area contributed by atoms with Crippen LogP contribution in [0.5, 0.6) is 0 Å². The third-order valence-corrected chi connectivity index (χ3v) is 5.01. The van der Waals surface area contributed by atoms with E-state index in [1.165, 1.54) is 9.79 Å². The Hall–Kier alpha value is -2.21. The summed E-state index contributed by atoms with van der Waals surface area (Å²) in [6, 6.07) is 23.9. The van der Waals surface area contributed by atoms with Gasteiger partial charge in [-0.1, -0.05) is 48.2 Å². The number of hydrogen-bond donors (Lipinski definition) is 2. The highest BCUT2D eigenvalue weighted by molar-refractivity contribution is 7.99. The fraction of sp³-hybridized carbons (Fsp3) is 0. The molecule has 3 nitrogen and oxygen atoms in total. The first kappa shape index (κ1) is 14.4. The minimum absolute atomic E-state index is 0.488. The molecule has 0 aliphatic carbocycles. The van der Waals surface area contributed by atoms with Crippen molar-refractivity contribution in [1.29, 1.82) is 0 Å². The van der Waals surface area contributed by atoms with Crippen molar-refractivity contribution in [3.05, 3.63) is 72.8 Å². The average Bonchev–Trinajstić information content (AvgIpc) is 2.59. The maximum atomic E-state index is 9.28. The van der Waals surface area contributed by atoms with Crippen molar-refractivity contribution in [3.8, 4) is 0 Å². The van der Waals surface area contributed by atoms with E-state index in [-0.39, 0.29) is 0 Å². The molecule has 1 aliphatic rings. The van der Waals surface area contributed by atoms with E-state index in [9.17, 15) is 10.0 Å². The predicted molar refractivity (Wildman–Crippen MR) is 95.1 cm³/mol. The van der Waals surface area contributed by atoms with Gasteiger partial charge in [0, 0.05) is 15.5 Å². The molecule has 23 heavy (non-hydrogen) atoms. The van der Waals surface area contributed by atoms with Crippen molar-refractivity contribution in [2.45, 2.75) is 9.79 Å². The lowest BCUT2D eigenvalue weighted by Crippen LogP contribution is -2.29. The van der Waals surface area contributed by atoms with Gasteiger partial charge in [-0.05, 0) is 41.9 Å². The van der Waals surface area contributed by atoms with Crippen molar-refractivity contribution in [2.24, 2.45) is 0 Å². The van der Waals surface area contributed by atoms with E-state index in [0.29, 0.717) is 5.46 Å². The molecule has 2 N–H and O–H groups in total. The summed E-state index contributed by atoms with van der Waals surface area (Å²) >= 11 is 1.77. The second-order valence-electron chi connectivity index (χ2n) is 5.34. The van der Waals surface area contributed by atoms with Crippen LogP contribution in [0.2, 0.25) is 0 Å². The minimum atomic E-state index is -1.44. The maximum absolute atomic E-state index is 9.28. The van der Waals surface area contributed by atoms with E-state index in [1.807, 2.05) is 36.4 Å². The van der Waals surface area contributed by atoms with E-state index in [0.717, 1.165) is 17.1 Å². The van der Waals surface area contributed by atoms with Gasteiger partial charge in [-0.2, -0.15) is 0 Å². The summed E-state index contributed by atoms with van der Waals surface area (Å²) in [7, 11) is -1.44. The molecule has 0 fully saturated rings. The van der Waals surface area contributed by atoms with Crippen molar-refractivity contribution < 1.29 is 10.0 Å². The zero-order valence-corrected chi connectivity index (χ0v) is 13.1. The Labute approximate surface area is 139 Å². The average molecular weight is 319 g/mol. The number of hydrogen-bond acceptors (Lipinski definition) is 4. The molecule has 0 amide bonds. The van der Waals surface area contributed by atoms with Crippen molar-refractivity contribution >= 4 is 41.4 Å². The van der Waals surface area contributed by atoms with Gasteiger partial charge >= 0.3 is 7.12 Å². The van der Waals surface area contributed by atoms with E-state index in [4.69, 9.17) is 0 Å². The van der Waals surface area contributed by atoms with E-state index in [1.54, 1.807) is 23.9 Å². The molecule has 112 valence electrons. The third kappa shape index (κ3) is 2.53. The SMILES string of the molecule is OB(O)c1ccc(N2c3ccccc3Sc3ccccc32)cc1. The highest BCUT2D eigenvalue weighted by Gasteiger charge is 2.24. The predicted octanol–water partition coefficient (Wildman–Crippen LogP) is 3.30. The zero-order valence-electron chi connectivity index (χ0n) is 12.3. The molecule has 5 heteroatoms. The van der Waals surface area contributed by atoms with Crippen LogP contribution in [0.3, 0.4) is 0 Å². The van der Waals surface area contributed by atoms with Gasteiger partial charge in [0.25, 0.3) is 0 Å². The van der Waals surface area contributed by atoms with Gasteiger partial charge in [-0.3, -0.25) is 0 Å². The normalized spacial score (nSPS) is 12.5. The molecule has 0 spiro atoms. The molecule has 0 atom stereocenters. The molecule has 0 bridgehead atoms. The Balaban J connectivity index is 1.87. The van der Waals surface area contributed by atoms with E-state index >= 15 is 0 Å². The smallest absolute Gasteiger partial charge is 0.423 e. The van der Waals surface area contributed by atoms with Gasteiger partial charge in [-0.15, -0.1) is 0 Å². The number of benzene rings is 3. The van der Waals surface area contributed by atoms with Gasteiger partial charge in [-0.25, -0.2) is 0 Å². The van der Waals surface area contributed by atoms with Crippen LogP contribution in [0.25, 0.3) is 0 Å². The van der Waals surface area contributed by atoms with Crippen LogP contribution in [0.1, 0.15) is 0 Å². The van der Waals surface area contributed by atoms with Gasteiger partial charge in [0.05, 0.1) is 11.4 Å². The first-order valence-electron chi connectivity index (χ1n) is 7.36. The fourth-order valence-electron chi connectivity index (χ4n) is 2.78. The number of para-hydroxylation sites is 2. The molecule has 3 aromatic carbocycles. The molecule has 0 aromatic heterocycles. The topological polar surface area (TPSA) is 43.7 Å². The number of rotatable bonds is 2. The molecular weight excluding hydrogens is 305 g/mol. The van der Waals surface area contributed by atoms with Crippen LogP contribution < -0.4 is 10.4 Å². The molecule has 0 unspecified atom stereocenters. The summed E-state index contributed by atoms with van der Waals surface area (Å²) in [6.07, 6.45) is 0. The lowest BCUT2D eigenvalue weighted by molar-refractivity contribution is 0.426. The standard InChI is InChI=1S/C18H14BNO2S/c21-19(22)13-9-11-14(12-10-13)20-15-5-1-3-7-17(15)23-18-8-4-2-6-16(18)20/h1-12,21-22H. The summed E-state index contributed by atoms with van der Waals surface area (Å²) < 4.78 is 0. The number of anilines is 3. The molecule has 0 saturated carbocycles. The monoisotopic (exact) mass is 319 g/mol. The molecule has 0 radical (unpaired) electrons. The maximum Gasteiger partial charge on any atom is 0.488 e. The molecule has 3 aromatic rings. The van der Waals surface area contributed by atoms with Gasteiger partial charge in [0.1, 0.15) is 0 Å². The van der Waals surface area contributed by atoms with Gasteiger partial charge < -0.3 is 14.9 Å². The molecule has 1 heterocycles. The Morgan fingerprint density at radius 3 is 1.74 bits per heavy atom. The van der Waals surface area contributed by atoms with Gasteiger partial charge in [0.15, 0.2) is 0 Å². The van der Waals surface area contributed by atoms with Crippen LogP contribution in [0.4, 0.5) is 17.1 Å². The number of fused-ring (bicyclic) bond motifs is 2. The summed E-state index contributed by atoms with van der Waals surface area (Å²) in [5, 5.41) is 18.6. The van der Waals surface area contributed by atoms with Crippen molar-refractivity contribution in [2.75, 3.05) is 4.90 Å². The van der Waals surface area contributed by atoms with Crippen LogP contribution in [0.15, 0.2) is 82.6 Å². The molecule has 4 rings (SSSR count). The van der Waals surface area contributed by atoms with Crippen LogP contribution in [-0.4, -0.2) is 17.2 Å². The van der Waals surface area contributed by atoms with Crippen molar-refractivity contribution in [1.82, 2.24) is 0 Å². The van der Waals surface area contributed by atoms with E-state index < -0.39 is 7.12 Å². The molecule has 1 aliphatic heterocycles. The Morgan fingerprint density at radius 1 is 0.696 bits per heavy atom. The summed E-state index contributed by atoms with van der Waals surface area (Å²) in [4.78, 5) is 4.62. The second-order valence-corrected chi connectivity index (χ2v) is 6.42. The lowest BCUT2D eigenvalue weighted by Gasteiger charge is -2.32. The van der Waals surface area contributed by atoms with Crippen LogP contribution in [0, 0.1) is 0 Å². The minimum Gasteiger partial charge on any atom is -0.423 e. The number of nitrogens with zero attached hydrogens (tertiary/aromatic N) is 1. The Morgan fingerprint density at radius 2 is 1.22 bits per heavy atom. The largest absolute Gasteiger partial charge is 0.488 e. The van der Waals surface area contributed by atoms with Crippen molar-refractivity contribution in [3.63, 3.8) is 0 Å². The highest BCUT2D eigenvalue weighted by Crippen LogP contribution is 2.50. The fourth-order valence-corrected chi connectivity index (χ4v) is 3.84. The summed E-state index contributed by atoms with van der Waals surface area (Å²) in [6.45, 7) is 0. The highest BCUT2D eigenvalue weighted by atomic mass is 32.2. The molecule has 0 saturated heterocycles. The van der Waals surface area contributed by atoms with Crippen LogP contribution in [-0.2, 0) is 0 Å². The first-order chi connectivity index (χ1) is 11.2.